The van der Waals surface area contributed by atoms with Gasteiger partial charge in [-0.2, -0.15) is 0 Å². The zero-order valence-electron chi connectivity index (χ0n) is 8.73. The Labute approximate surface area is 89.2 Å². The van der Waals surface area contributed by atoms with Gasteiger partial charge in [0.25, 0.3) is 0 Å². The van der Waals surface area contributed by atoms with Gasteiger partial charge in [-0.3, -0.25) is 4.98 Å². The smallest absolute Gasteiger partial charge is 0.120 e. The molecule has 0 aliphatic heterocycles. The maximum Gasteiger partial charge on any atom is 0.120 e. The van der Waals surface area contributed by atoms with Crippen LogP contribution in [-0.4, -0.2) is 11.6 Å². The molecule has 2 aromatic rings. The molecule has 15 heavy (non-hydrogen) atoms. The SMILES string of the molecule is C=CCOc1ccc2nc(C)ccc2c1. The van der Waals surface area contributed by atoms with Gasteiger partial charge in [0.1, 0.15) is 12.4 Å². The molecule has 0 atom stereocenters. The second-order valence-electron chi connectivity index (χ2n) is 3.41. The largest absolute Gasteiger partial charge is 0.490 e. The molecule has 0 unspecified atom stereocenters. The Morgan fingerprint density at radius 3 is 3.00 bits per heavy atom. The lowest BCUT2D eigenvalue weighted by Gasteiger charge is -2.04. The first kappa shape index (κ1) is 9.71. The Bertz CT molecular complexity index is 491. The van der Waals surface area contributed by atoms with Crippen molar-refractivity contribution in [3.8, 4) is 5.75 Å². The molecule has 2 nitrogen and oxygen atoms in total. The van der Waals surface area contributed by atoms with E-state index in [1.54, 1.807) is 6.08 Å². The third-order valence-electron chi connectivity index (χ3n) is 2.17. The Morgan fingerprint density at radius 1 is 1.33 bits per heavy atom. The fraction of sp³-hybridized carbons (Fsp3) is 0.154. The first-order valence-corrected chi connectivity index (χ1v) is 4.91. The summed E-state index contributed by atoms with van der Waals surface area (Å²) in [5, 5.41) is 1.10. The van der Waals surface area contributed by atoms with Crippen molar-refractivity contribution in [3.63, 3.8) is 0 Å². The third kappa shape index (κ3) is 2.15. The number of rotatable bonds is 3. The molecule has 0 saturated carbocycles. The summed E-state index contributed by atoms with van der Waals surface area (Å²) in [4.78, 5) is 4.42. The Hall–Kier alpha value is -1.83. The fourth-order valence-corrected chi connectivity index (χ4v) is 1.45. The predicted octanol–water partition coefficient (Wildman–Crippen LogP) is 3.11. The van der Waals surface area contributed by atoms with Crippen LogP contribution < -0.4 is 4.74 Å². The van der Waals surface area contributed by atoms with Crippen LogP contribution in [0.2, 0.25) is 0 Å². The van der Waals surface area contributed by atoms with E-state index >= 15 is 0 Å². The molecular formula is C13H13NO. The number of hydrogen-bond acceptors (Lipinski definition) is 2. The normalized spacial score (nSPS) is 10.2. The topological polar surface area (TPSA) is 22.1 Å². The van der Waals surface area contributed by atoms with E-state index < -0.39 is 0 Å². The van der Waals surface area contributed by atoms with Crippen LogP contribution in [-0.2, 0) is 0 Å². The number of pyridine rings is 1. The van der Waals surface area contributed by atoms with Gasteiger partial charge in [0, 0.05) is 11.1 Å². The van der Waals surface area contributed by atoms with Crippen LogP contribution in [0.4, 0.5) is 0 Å². The van der Waals surface area contributed by atoms with Crippen molar-refractivity contribution in [1.82, 2.24) is 4.98 Å². The molecule has 0 bridgehead atoms. The fourth-order valence-electron chi connectivity index (χ4n) is 1.45. The zero-order valence-corrected chi connectivity index (χ0v) is 8.73. The van der Waals surface area contributed by atoms with Crippen LogP contribution >= 0.6 is 0 Å². The lowest BCUT2D eigenvalue weighted by atomic mass is 10.2. The Balaban J connectivity index is 2.38. The summed E-state index contributed by atoms with van der Waals surface area (Å²) >= 11 is 0. The van der Waals surface area contributed by atoms with E-state index in [0.717, 1.165) is 22.3 Å². The number of fused-ring (bicyclic) bond motifs is 1. The summed E-state index contributed by atoms with van der Waals surface area (Å²) in [5.74, 6) is 0.855. The van der Waals surface area contributed by atoms with Crippen molar-refractivity contribution in [2.75, 3.05) is 6.61 Å². The van der Waals surface area contributed by atoms with Crippen molar-refractivity contribution in [2.45, 2.75) is 6.92 Å². The Morgan fingerprint density at radius 2 is 2.20 bits per heavy atom. The highest BCUT2D eigenvalue weighted by Gasteiger charge is 1.98. The average molecular weight is 199 g/mol. The van der Waals surface area contributed by atoms with Crippen molar-refractivity contribution < 1.29 is 4.74 Å². The highest BCUT2D eigenvalue weighted by Crippen LogP contribution is 2.19. The number of benzene rings is 1. The van der Waals surface area contributed by atoms with Gasteiger partial charge in [0.2, 0.25) is 0 Å². The summed E-state index contributed by atoms with van der Waals surface area (Å²) in [7, 11) is 0. The van der Waals surface area contributed by atoms with Gasteiger partial charge in [-0.15, -0.1) is 0 Å². The summed E-state index contributed by atoms with van der Waals surface area (Å²) < 4.78 is 5.45. The molecule has 0 saturated heterocycles. The number of aromatic nitrogens is 1. The minimum absolute atomic E-state index is 0.533. The highest BCUT2D eigenvalue weighted by molar-refractivity contribution is 5.80. The second-order valence-corrected chi connectivity index (χ2v) is 3.41. The molecule has 2 heteroatoms. The summed E-state index contributed by atoms with van der Waals surface area (Å²) in [6, 6.07) is 9.95. The van der Waals surface area contributed by atoms with Crippen molar-refractivity contribution in [1.29, 1.82) is 0 Å². The van der Waals surface area contributed by atoms with Crippen molar-refractivity contribution in [3.05, 3.63) is 48.7 Å². The van der Waals surface area contributed by atoms with Crippen LogP contribution in [0.3, 0.4) is 0 Å². The molecule has 2 rings (SSSR count). The predicted molar refractivity (Wildman–Crippen MR) is 62.2 cm³/mol. The quantitative estimate of drug-likeness (QED) is 0.708. The van der Waals surface area contributed by atoms with Gasteiger partial charge in [0.05, 0.1) is 5.52 Å². The summed E-state index contributed by atoms with van der Waals surface area (Å²) in [6.45, 7) is 6.13. The molecule has 1 aromatic heterocycles. The summed E-state index contributed by atoms with van der Waals surface area (Å²) in [5.41, 5.74) is 2.03. The standard InChI is InChI=1S/C13H13NO/c1-3-8-15-12-6-7-13-11(9-12)5-4-10(2)14-13/h3-7,9H,1,8H2,2H3. The maximum atomic E-state index is 5.45. The molecular weight excluding hydrogens is 186 g/mol. The van der Waals surface area contributed by atoms with E-state index in [9.17, 15) is 0 Å². The number of hydrogen-bond donors (Lipinski definition) is 0. The molecule has 0 N–H and O–H groups in total. The molecule has 1 heterocycles. The van der Waals surface area contributed by atoms with Gasteiger partial charge in [-0.1, -0.05) is 18.7 Å². The second kappa shape index (κ2) is 4.13. The number of aryl methyl sites for hydroxylation is 1. The average Bonchev–Trinajstić information content (AvgIpc) is 2.26. The van der Waals surface area contributed by atoms with E-state index in [2.05, 4.69) is 17.6 Å². The molecule has 0 spiro atoms. The molecule has 0 aliphatic carbocycles. The van der Waals surface area contributed by atoms with Gasteiger partial charge in [-0.05, 0) is 31.2 Å². The minimum Gasteiger partial charge on any atom is -0.490 e. The monoisotopic (exact) mass is 199 g/mol. The minimum atomic E-state index is 0.533. The van der Waals surface area contributed by atoms with E-state index in [4.69, 9.17) is 4.74 Å². The van der Waals surface area contributed by atoms with Crippen LogP contribution in [0.5, 0.6) is 5.75 Å². The maximum absolute atomic E-state index is 5.45. The molecule has 0 amide bonds. The van der Waals surface area contributed by atoms with Crippen molar-refractivity contribution >= 4 is 10.9 Å². The lowest BCUT2D eigenvalue weighted by Crippen LogP contribution is -1.92. The van der Waals surface area contributed by atoms with Gasteiger partial charge < -0.3 is 4.74 Å². The van der Waals surface area contributed by atoms with Crippen LogP contribution in [0.25, 0.3) is 10.9 Å². The molecule has 0 aliphatic rings. The molecule has 0 radical (unpaired) electrons. The van der Waals surface area contributed by atoms with E-state index in [-0.39, 0.29) is 0 Å². The van der Waals surface area contributed by atoms with Crippen LogP contribution in [0, 0.1) is 6.92 Å². The van der Waals surface area contributed by atoms with Gasteiger partial charge in [0.15, 0.2) is 0 Å². The van der Waals surface area contributed by atoms with E-state index in [1.165, 1.54) is 0 Å². The summed E-state index contributed by atoms with van der Waals surface area (Å²) in [6.07, 6.45) is 1.73. The molecule has 0 fully saturated rings. The van der Waals surface area contributed by atoms with Crippen LogP contribution in [0.1, 0.15) is 5.69 Å². The Kier molecular flexibility index (Phi) is 2.68. The zero-order chi connectivity index (χ0) is 10.7. The van der Waals surface area contributed by atoms with Crippen molar-refractivity contribution in [2.24, 2.45) is 0 Å². The number of ether oxygens (including phenoxy) is 1. The molecule has 1 aromatic carbocycles. The third-order valence-corrected chi connectivity index (χ3v) is 2.17. The number of nitrogens with zero attached hydrogens (tertiary/aromatic N) is 1. The highest BCUT2D eigenvalue weighted by atomic mass is 16.5. The van der Waals surface area contributed by atoms with E-state index in [0.29, 0.717) is 6.61 Å². The van der Waals surface area contributed by atoms with E-state index in [1.807, 2.05) is 31.2 Å². The van der Waals surface area contributed by atoms with Crippen LogP contribution in [0.15, 0.2) is 43.0 Å². The first-order valence-electron chi connectivity index (χ1n) is 4.91. The first-order chi connectivity index (χ1) is 7.29. The lowest BCUT2D eigenvalue weighted by molar-refractivity contribution is 0.364. The molecule has 76 valence electrons. The van der Waals surface area contributed by atoms with Gasteiger partial charge in [-0.25, -0.2) is 0 Å². The van der Waals surface area contributed by atoms with Gasteiger partial charge >= 0.3 is 0 Å².